The number of nitrogens with zero attached hydrogens (tertiary/aromatic N) is 3. The summed E-state index contributed by atoms with van der Waals surface area (Å²) in [7, 11) is 2.86. The molecule has 25 heavy (non-hydrogen) atoms. The summed E-state index contributed by atoms with van der Waals surface area (Å²) < 4.78 is 43.6. The summed E-state index contributed by atoms with van der Waals surface area (Å²) in [6.45, 7) is 0. The minimum absolute atomic E-state index is 0.0391. The Bertz CT molecular complexity index is 879. The van der Waals surface area contributed by atoms with Gasteiger partial charge in [0, 0.05) is 25.9 Å². The Labute approximate surface area is 145 Å². The van der Waals surface area contributed by atoms with Crippen molar-refractivity contribution in [2.75, 3.05) is 14.1 Å². The lowest BCUT2D eigenvalue weighted by atomic mass is 10.0. The average molecular weight is 370 g/mol. The highest BCUT2D eigenvalue weighted by Crippen LogP contribution is 2.35. The lowest BCUT2D eigenvalue weighted by Crippen LogP contribution is -2.25. The SMILES string of the molecule is CN(C)/C=C(\C(=O)C(F)(F)F)c1onc(-c2ccccc2Cl)c1C#N. The van der Waals surface area contributed by atoms with Gasteiger partial charge in [-0.3, -0.25) is 4.79 Å². The molecule has 2 rings (SSSR count). The zero-order chi connectivity index (χ0) is 18.8. The second-order valence-electron chi connectivity index (χ2n) is 5.16. The smallest absolute Gasteiger partial charge is 0.383 e. The molecular formula is C16H11ClF3N3O2. The normalized spacial score (nSPS) is 12.0. The summed E-state index contributed by atoms with van der Waals surface area (Å²) in [5, 5.41) is 13.3. The van der Waals surface area contributed by atoms with E-state index in [0.29, 0.717) is 5.56 Å². The van der Waals surface area contributed by atoms with Gasteiger partial charge in [0.25, 0.3) is 5.78 Å². The lowest BCUT2D eigenvalue weighted by Gasteiger charge is -2.11. The molecule has 0 aliphatic heterocycles. The number of Topliss-reactive ketones (excluding diaryl/α,β-unsaturated/α-hetero) is 1. The van der Waals surface area contributed by atoms with Crippen LogP contribution in [0.15, 0.2) is 35.0 Å². The molecular weight excluding hydrogens is 359 g/mol. The molecule has 130 valence electrons. The molecule has 0 unspecified atom stereocenters. The Kier molecular flexibility index (Phi) is 5.18. The summed E-state index contributed by atoms with van der Waals surface area (Å²) in [6.07, 6.45) is -4.21. The molecule has 5 nitrogen and oxygen atoms in total. The van der Waals surface area contributed by atoms with E-state index >= 15 is 0 Å². The molecule has 0 aliphatic carbocycles. The van der Waals surface area contributed by atoms with Crippen LogP contribution in [0.3, 0.4) is 0 Å². The van der Waals surface area contributed by atoms with Gasteiger partial charge in [0.15, 0.2) is 5.76 Å². The van der Waals surface area contributed by atoms with Gasteiger partial charge in [0.05, 0.1) is 10.6 Å². The van der Waals surface area contributed by atoms with Crippen molar-refractivity contribution in [2.45, 2.75) is 6.18 Å². The van der Waals surface area contributed by atoms with Crippen LogP contribution in [-0.2, 0) is 4.79 Å². The third-order valence-corrected chi connectivity index (χ3v) is 3.40. The number of ketones is 1. The van der Waals surface area contributed by atoms with Crippen molar-refractivity contribution in [1.29, 1.82) is 5.26 Å². The highest BCUT2D eigenvalue weighted by atomic mass is 35.5. The Balaban J connectivity index is 2.68. The van der Waals surface area contributed by atoms with E-state index in [4.69, 9.17) is 16.1 Å². The topological polar surface area (TPSA) is 70.1 Å². The predicted octanol–water partition coefficient (Wildman–Crippen LogP) is 3.90. The number of carbonyl (C=O) groups is 1. The molecule has 0 amide bonds. The number of hydrogen-bond donors (Lipinski definition) is 0. The van der Waals surface area contributed by atoms with E-state index in [2.05, 4.69) is 5.16 Å². The Morgan fingerprint density at radius 2 is 2.00 bits per heavy atom. The van der Waals surface area contributed by atoms with Crippen LogP contribution in [0.5, 0.6) is 0 Å². The van der Waals surface area contributed by atoms with E-state index in [1.807, 2.05) is 0 Å². The number of rotatable bonds is 4. The zero-order valence-electron chi connectivity index (χ0n) is 13.1. The fourth-order valence-electron chi connectivity index (χ4n) is 2.05. The van der Waals surface area contributed by atoms with Crippen molar-refractivity contribution < 1.29 is 22.5 Å². The van der Waals surface area contributed by atoms with Crippen molar-refractivity contribution in [3.05, 3.63) is 46.8 Å². The summed E-state index contributed by atoms with van der Waals surface area (Å²) >= 11 is 6.04. The van der Waals surface area contributed by atoms with Crippen molar-refractivity contribution in [3.63, 3.8) is 0 Å². The quantitative estimate of drug-likeness (QED) is 0.764. The number of carbonyl (C=O) groups excluding carboxylic acids is 1. The van der Waals surface area contributed by atoms with Crippen molar-refractivity contribution >= 4 is 23.0 Å². The molecule has 1 heterocycles. The molecule has 0 saturated heterocycles. The first-order valence-electron chi connectivity index (χ1n) is 6.81. The molecule has 0 fully saturated rings. The molecule has 0 radical (unpaired) electrons. The monoisotopic (exact) mass is 369 g/mol. The van der Waals surface area contributed by atoms with Crippen LogP contribution in [-0.4, -0.2) is 36.1 Å². The standard InChI is InChI=1S/C16H11ClF3N3O2/c1-23(2)8-11(15(24)16(18,19)20)14-10(7-21)13(22-25-14)9-5-3-4-6-12(9)17/h3-6,8H,1-2H3/b11-8-. The van der Waals surface area contributed by atoms with Gasteiger partial charge in [-0.05, 0) is 6.07 Å². The first-order valence-corrected chi connectivity index (χ1v) is 7.19. The number of hydrogen-bond acceptors (Lipinski definition) is 5. The highest BCUT2D eigenvalue weighted by molar-refractivity contribution is 6.33. The minimum Gasteiger partial charge on any atom is -0.383 e. The highest BCUT2D eigenvalue weighted by Gasteiger charge is 2.43. The fraction of sp³-hybridized carbons (Fsp3) is 0.188. The maximum absolute atomic E-state index is 12.9. The van der Waals surface area contributed by atoms with Crippen LogP contribution in [0.25, 0.3) is 16.8 Å². The van der Waals surface area contributed by atoms with E-state index in [0.717, 1.165) is 6.20 Å². The second kappa shape index (κ2) is 6.99. The first-order chi connectivity index (χ1) is 11.7. The predicted molar refractivity (Wildman–Crippen MR) is 84.4 cm³/mol. The molecule has 0 spiro atoms. The minimum atomic E-state index is -5.13. The Morgan fingerprint density at radius 1 is 1.36 bits per heavy atom. The summed E-state index contributed by atoms with van der Waals surface area (Å²) in [4.78, 5) is 13.0. The van der Waals surface area contributed by atoms with Crippen LogP contribution in [0.1, 0.15) is 11.3 Å². The van der Waals surface area contributed by atoms with E-state index in [1.165, 1.54) is 31.1 Å². The Hall–Kier alpha value is -2.79. The molecule has 0 aliphatic rings. The third kappa shape index (κ3) is 3.83. The molecule has 0 N–H and O–H groups in total. The molecule has 1 aromatic heterocycles. The zero-order valence-corrected chi connectivity index (χ0v) is 13.8. The number of aromatic nitrogens is 1. The van der Waals surface area contributed by atoms with Gasteiger partial charge in [0.1, 0.15) is 17.3 Å². The van der Waals surface area contributed by atoms with Gasteiger partial charge in [-0.15, -0.1) is 0 Å². The molecule has 0 saturated carbocycles. The average Bonchev–Trinajstić information content (AvgIpc) is 2.94. The maximum atomic E-state index is 12.9. The van der Waals surface area contributed by atoms with Crippen LogP contribution in [0.4, 0.5) is 13.2 Å². The van der Waals surface area contributed by atoms with Gasteiger partial charge in [-0.25, -0.2) is 0 Å². The fourth-order valence-corrected chi connectivity index (χ4v) is 2.27. The van der Waals surface area contributed by atoms with Gasteiger partial charge >= 0.3 is 6.18 Å². The number of benzene rings is 1. The van der Waals surface area contributed by atoms with E-state index < -0.39 is 23.3 Å². The van der Waals surface area contributed by atoms with E-state index in [1.54, 1.807) is 18.2 Å². The molecule has 0 bridgehead atoms. The van der Waals surface area contributed by atoms with Crippen LogP contribution >= 0.6 is 11.6 Å². The Morgan fingerprint density at radius 3 is 2.52 bits per heavy atom. The van der Waals surface area contributed by atoms with Gasteiger partial charge in [0.2, 0.25) is 0 Å². The van der Waals surface area contributed by atoms with E-state index in [9.17, 15) is 23.2 Å². The van der Waals surface area contributed by atoms with Crippen molar-refractivity contribution in [1.82, 2.24) is 10.1 Å². The van der Waals surface area contributed by atoms with Gasteiger partial charge in [-0.2, -0.15) is 18.4 Å². The maximum Gasteiger partial charge on any atom is 0.455 e. The number of halogens is 4. The van der Waals surface area contributed by atoms with Crippen molar-refractivity contribution in [2.24, 2.45) is 0 Å². The molecule has 0 atom stereocenters. The summed E-state index contributed by atoms with van der Waals surface area (Å²) in [5.74, 6) is -2.70. The van der Waals surface area contributed by atoms with Gasteiger partial charge < -0.3 is 9.42 Å². The summed E-state index contributed by atoms with van der Waals surface area (Å²) in [5.41, 5.74) is -0.860. The van der Waals surface area contributed by atoms with Gasteiger partial charge in [-0.1, -0.05) is 35.0 Å². The van der Waals surface area contributed by atoms with Crippen LogP contribution in [0, 0.1) is 11.3 Å². The summed E-state index contributed by atoms with van der Waals surface area (Å²) in [6, 6.07) is 8.06. The largest absolute Gasteiger partial charge is 0.455 e. The molecule has 2 aromatic rings. The second-order valence-corrected chi connectivity index (χ2v) is 5.57. The number of allylic oxidation sites excluding steroid dienone is 1. The number of alkyl halides is 3. The first kappa shape index (κ1) is 18.5. The van der Waals surface area contributed by atoms with Crippen LogP contribution < -0.4 is 0 Å². The lowest BCUT2D eigenvalue weighted by molar-refractivity contribution is -0.164. The van der Waals surface area contributed by atoms with E-state index in [-0.39, 0.29) is 16.3 Å². The molecule has 1 aromatic carbocycles. The molecule has 9 heteroatoms. The number of nitriles is 1. The van der Waals surface area contributed by atoms with Crippen LogP contribution in [0.2, 0.25) is 5.02 Å². The van der Waals surface area contributed by atoms with Crippen molar-refractivity contribution in [3.8, 4) is 17.3 Å². The third-order valence-electron chi connectivity index (χ3n) is 3.07.